The van der Waals surface area contributed by atoms with Crippen LogP contribution in [-0.4, -0.2) is 47.5 Å². The van der Waals surface area contributed by atoms with E-state index in [1.54, 1.807) is 6.20 Å². The lowest BCUT2D eigenvalue weighted by Crippen LogP contribution is -2.67. The predicted octanol–water partition coefficient (Wildman–Crippen LogP) is 1.83. The van der Waals surface area contributed by atoms with E-state index in [9.17, 15) is 4.79 Å². The van der Waals surface area contributed by atoms with Crippen LogP contribution in [0.2, 0.25) is 0 Å². The van der Waals surface area contributed by atoms with Crippen LogP contribution >= 0.6 is 0 Å². The number of aromatic nitrogens is 1. The van der Waals surface area contributed by atoms with E-state index in [0.29, 0.717) is 24.2 Å². The van der Waals surface area contributed by atoms with Gasteiger partial charge in [0.05, 0.1) is 17.4 Å². The van der Waals surface area contributed by atoms with E-state index in [1.165, 1.54) is 17.5 Å². The number of hydrogen-bond acceptors (Lipinski definition) is 4. The fraction of sp³-hybridized carbons (Fsp3) is 0.400. The van der Waals surface area contributed by atoms with Gasteiger partial charge in [-0.25, -0.2) is 0 Å². The number of fused-ring (bicyclic) bond motifs is 3. The molecule has 2 atom stereocenters. The minimum atomic E-state index is 0.0872. The van der Waals surface area contributed by atoms with Crippen LogP contribution in [0.1, 0.15) is 27.9 Å². The van der Waals surface area contributed by atoms with Crippen LogP contribution < -0.4 is 10.2 Å². The molecule has 2 aromatic rings. The number of nitrogens with one attached hydrogen (secondary N) is 1. The summed E-state index contributed by atoms with van der Waals surface area (Å²) in [5.74, 6) is 0.0872. The first-order valence-corrected chi connectivity index (χ1v) is 9.08. The van der Waals surface area contributed by atoms with Gasteiger partial charge in [0.25, 0.3) is 5.91 Å². The van der Waals surface area contributed by atoms with Gasteiger partial charge in [-0.15, -0.1) is 0 Å². The second-order valence-electron chi connectivity index (χ2n) is 7.38. The molecule has 5 nitrogen and oxygen atoms in total. The first kappa shape index (κ1) is 14.9. The SMILES string of the molecule is O=C(c1cncc(N2CC3CC(C2)N3)c1)N1CCc2ccccc2C1. The zero-order valence-corrected chi connectivity index (χ0v) is 14.2. The van der Waals surface area contributed by atoms with Crippen LogP contribution in [0.25, 0.3) is 0 Å². The molecular formula is C20H22N4O. The van der Waals surface area contributed by atoms with Crippen molar-refractivity contribution < 1.29 is 4.79 Å². The van der Waals surface area contributed by atoms with E-state index < -0.39 is 0 Å². The molecule has 1 aromatic heterocycles. The summed E-state index contributed by atoms with van der Waals surface area (Å²) in [5.41, 5.74) is 4.38. The Kier molecular flexibility index (Phi) is 3.48. The van der Waals surface area contributed by atoms with Crippen molar-refractivity contribution in [2.24, 2.45) is 0 Å². The monoisotopic (exact) mass is 334 g/mol. The highest BCUT2D eigenvalue weighted by Gasteiger charge is 2.36. The summed E-state index contributed by atoms with van der Waals surface area (Å²) in [6.07, 6.45) is 5.79. The number of anilines is 1. The summed E-state index contributed by atoms with van der Waals surface area (Å²) < 4.78 is 0. The van der Waals surface area contributed by atoms with Crippen molar-refractivity contribution in [1.29, 1.82) is 0 Å². The Bertz CT molecular complexity index is 805. The van der Waals surface area contributed by atoms with Crippen LogP contribution in [0.15, 0.2) is 42.7 Å². The van der Waals surface area contributed by atoms with Crippen molar-refractivity contribution in [3.63, 3.8) is 0 Å². The first-order valence-electron chi connectivity index (χ1n) is 9.08. The fourth-order valence-corrected chi connectivity index (χ4v) is 4.29. The number of carbonyl (C=O) groups is 1. The third kappa shape index (κ3) is 2.68. The lowest BCUT2D eigenvalue weighted by molar-refractivity contribution is 0.0734. The van der Waals surface area contributed by atoms with Gasteiger partial charge in [-0.05, 0) is 30.0 Å². The molecule has 25 heavy (non-hydrogen) atoms. The lowest BCUT2D eigenvalue weighted by atomic mass is 9.91. The smallest absolute Gasteiger partial charge is 0.255 e. The van der Waals surface area contributed by atoms with Crippen molar-refractivity contribution in [1.82, 2.24) is 15.2 Å². The molecule has 0 radical (unpaired) electrons. The predicted molar refractivity (Wildman–Crippen MR) is 96.7 cm³/mol. The summed E-state index contributed by atoms with van der Waals surface area (Å²) in [7, 11) is 0. The van der Waals surface area contributed by atoms with Crippen molar-refractivity contribution in [2.75, 3.05) is 24.5 Å². The summed E-state index contributed by atoms with van der Waals surface area (Å²) in [5, 5.41) is 3.54. The molecule has 4 aliphatic rings. The zero-order chi connectivity index (χ0) is 16.8. The molecule has 1 N–H and O–H groups in total. The van der Waals surface area contributed by atoms with Crippen molar-refractivity contribution in [3.05, 3.63) is 59.4 Å². The number of piperidine rings is 1. The van der Waals surface area contributed by atoms with Crippen molar-refractivity contribution in [3.8, 4) is 0 Å². The van der Waals surface area contributed by atoms with Crippen LogP contribution in [0.5, 0.6) is 0 Å². The Morgan fingerprint density at radius 2 is 1.88 bits per heavy atom. The number of piperazine rings is 1. The van der Waals surface area contributed by atoms with E-state index in [2.05, 4.69) is 33.4 Å². The van der Waals surface area contributed by atoms with E-state index in [1.807, 2.05) is 23.2 Å². The van der Waals surface area contributed by atoms with Gasteiger partial charge >= 0.3 is 0 Å². The molecule has 5 heteroatoms. The largest absolute Gasteiger partial charge is 0.367 e. The topological polar surface area (TPSA) is 48.5 Å². The Morgan fingerprint density at radius 3 is 2.68 bits per heavy atom. The van der Waals surface area contributed by atoms with Gasteiger partial charge in [0.2, 0.25) is 0 Å². The van der Waals surface area contributed by atoms with Gasteiger partial charge in [-0.1, -0.05) is 24.3 Å². The van der Waals surface area contributed by atoms with E-state index in [-0.39, 0.29) is 5.91 Å². The highest BCUT2D eigenvalue weighted by Crippen LogP contribution is 2.27. The van der Waals surface area contributed by atoms with Crippen LogP contribution in [0.4, 0.5) is 5.69 Å². The van der Waals surface area contributed by atoms with Gasteiger partial charge in [-0.3, -0.25) is 9.78 Å². The highest BCUT2D eigenvalue weighted by atomic mass is 16.2. The molecule has 0 saturated carbocycles. The van der Waals surface area contributed by atoms with Gasteiger partial charge in [0.15, 0.2) is 0 Å². The standard InChI is InChI=1S/C20H22N4O/c25-20(23-6-5-14-3-1-2-4-15(14)11-23)16-7-19(10-21-9-16)24-12-17-8-18(13-24)22-17/h1-4,7,9-10,17-18,22H,5-6,8,11-13H2. The van der Waals surface area contributed by atoms with Gasteiger partial charge in [-0.2, -0.15) is 0 Å². The molecular weight excluding hydrogens is 312 g/mol. The zero-order valence-electron chi connectivity index (χ0n) is 14.2. The summed E-state index contributed by atoms with van der Waals surface area (Å²) in [4.78, 5) is 21.6. The molecule has 6 rings (SSSR count). The molecule has 0 aliphatic carbocycles. The number of rotatable bonds is 2. The highest BCUT2D eigenvalue weighted by molar-refractivity contribution is 5.95. The fourth-order valence-electron chi connectivity index (χ4n) is 4.29. The molecule has 128 valence electrons. The van der Waals surface area contributed by atoms with Crippen molar-refractivity contribution in [2.45, 2.75) is 31.5 Å². The van der Waals surface area contributed by atoms with E-state index >= 15 is 0 Å². The third-order valence-electron chi connectivity index (χ3n) is 5.68. The Morgan fingerprint density at radius 1 is 1.12 bits per heavy atom. The summed E-state index contributed by atoms with van der Waals surface area (Å²) in [6, 6.07) is 11.6. The second-order valence-corrected chi connectivity index (χ2v) is 7.38. The van der Waals surface area contributed by atoms with Gasteiger partial charge in [0, 0.05) is 44.5 Å². The maximum absolute atomic E-state index is 13.0. The third-order valence-corrected chi connectivity index (χ3v) is 5.68. The maximum Gasteiger partial charge on any atom is 0.255 e. The molecule has 3 fully saturated rings. The molecule has 4 aliphatic heterocycles. The number of carbonyl (C=O) groups excluding carboxylic acids is 1. The second kappa shape index (κ2) is 5.85. The molecule has 3 saturated heterocycles. The van der Waals surface area contributed by atoms with Crippen LogP contribution in [0.3, 0.4) is 0 Å². The Balaban J connectivity index is 1.35. The maximum atomic E-state index is 13.0. The van der Waals surface area contributed by atoms with Crippen molar-refractivity contribution >= 4 is 11.6 Å². The summed E-state index contributed by atoms with van der Waals surface area (Å²) in [6.45, 7) is 3.48. The van der Waals surface area contributed by atoms with E-state index in [0.717, 1.165) is 31.7 Å². The van der Waals surface area contributed by atoms with Gasteiger partial charge < -0.3 is 15.1 Å². The minimum Gasteiger partial charge on any atom is -0.367 e. The lowest BCUT2D eigenvalue weighted by Gasteiger charge is -2.49. The molecule has 2 unspecified atom stereocenters. The molecule has 0 spiro atoms. The quantitative estimate of drug-likeness (QED) is 0.910. The average molecular weight is 334 g/mol. The Hall–Kier alpha value is -2.40. The average Bonchev–Trinajstić information content (AvgIpc) is 2.67. The number of nitrogens with zero attached hydrogens (tertiary/aromatic N) is 3. The molecule has 5 heterocycles. The number of benzene rings is 1. The van der Waals surface area contributed by atoms with Crippen LogP contribution in [0, 0.1) is 0 Å². The molecule has 1 aromatic carbocycles. The summed E-state index contributed by atoms with van der Waals surface area (Å²) >= 11 is 0. The molecule has 2 bridgehead atoms. The normalized spacial score (nSPS) is 24.5. The number of amides is 1. The number of hydrogen-bond donors (Lipinski definition) is 1. The first-order chi connectivity index (χ1) is 12.3. The minimum absolute atomic E-state index is 0.0872. The Labute approximate surface area is 147 Å². The number of pyridine rings is 1. The van der Waals surface area contributed by atoms with Gasteiger partial charge in [0.1, 0.15) is 0 Å². The van der Waals surface area contributed by atoms with E-state index in [4.69, 9.17) is 0 Å². The van der Waals surface area contributed by atoms with Crippen LogP contribution in [-0.2, 0) is 13.0 Å². The molecule has 1 amide bonds.